The molecule has 0 aromatic carbocycles. The normalized spacial score (nSPS) is 22.2. The van der Waals surface area contributed by atoms with E-state index in [1.807, 2.05) is 26.8 Å². The second-order valence-electron chi connectivity index (χ2n) is 8.94. The summed E-state index contributed by atoms with van der Waals surface area (Å²) in [7, 11) is 2.13. The van der Waals surface area contributed by atoms with E-state index >= 15 is 0 Å². The van der Waals surface area contributed by atoms with Crippen molar-refractivity contribution < 1.29 is 9.32 Å². The van der Waals surface area contributed by atoms with Gasteiger partial charge in [0, 0.05) is 12.0 Å². The zero-order valence-corrected chi connectivity index (χ0v) is 18.2. The van der Waals surface area contributed by atoms with Crippen LogP contribution in [-0.2, 0) is 4.79 Å². The zero-order chi connectivity index (χ0) is 20.8. The first-order valence-electron chi connectivity index (χ1n) is 10.6. The van der Waals surface area contributed by atoms with Crippen molar-refractivity contribution in [1.29, 1.82) is 0 Å². The number of amides is 1. The molecule has 0 radical (unpaired) electrons. The summed E-state index contributed by atoms with van der Waals surface area (Å²) in [5, 5.41) is 4.07. The van der Waals surface area contributed by atoms with Crippen molar-refractivity contribution in [3.8, 4) is 11.3 Å². The molecule has 4 rings (SSSR count). The van der Waals surface area contributed by atoms with Gasteiger partial charge in [0.25, 0.3) is 0 Å². The molecule has 4 heterocycles. The Hall–Kier alpha value is -2.28. The third kappa shape index (κ3) is 3.68. The van der Waals surface area contributed by atoms with E-state index in [0.717, 1.165) is 73.7 Å². The van der Waals surface area contributed by atoms with Crippen molar-refractivity contribution in [2.45, 2.75) is 59.4 Å². The molecule has 2 aliphatic heterocycles. The maximum absolute atomic E-state index is 13.6. The summed E-state index contributed by atoms with van der Waals surface area (Å²) in [6.45, 7) is 10.6. The number of aromatic nitrogens is 3. The number of carbonyl (C=O) groups is 1. The molecule has 1 amide bonds. The van der Waals surface area contributed by atoms with Crippen molar-refractivity contribution in [2.24, 2.45) is 5.41 Å². The molecule has 7 nitrogen and oxygen atoms in total. The van der Waals surface area contributed by atoms with Crippen LogP contribution >= 0.6 is 0 Å². The van der Waals surface area contributed by atoms with Crippen LogP contribution in [0.2, 0.25) is 0 Å². The summed E-state index contributed by atoms with van der Waals surface area (Å²) < 4.78 is 5.34. The summed E-state index contributed by atoms with van der Waals surface area (Å²) in [6, 6.07) is 2.03. The number of likely N-dealkylation sites (tertiary alicyclic amines) is 2. The van der Waals surface area contributed by atoms with Gasteiger partial charge in [-0.2, -0.15) is 0 Å². The number of hydrogen-bond acceptors (Lipinski definition) is 6. The quantitative estimate of drug-likeness (QED) is 0.790. The fourth-order valence-electron chi connectivity index (χ4n) is 4.73. The van der Waals surface area contributed by atoms with E-state index in [0.29, 0.717) is 5.82 Å². The molecular formula is C22H31N5O2. The van der Waals surface area contributed by atoms with Crippen LogP contribution in [0.4, 0.5) is 0 Å². The Balaban J connectivity index is 1.65. The van der Waals surface area contributed by atoms with E-state index in [4.69, 9.17) is 9.51 Å². The minimum Gasteiger partial charge on any atom is -0.361 e. The molecular weight excluding hydrogens is 366 g/mol. The van der Waals surface area contributed by atoms with Crippen molar-refractivity contribution in [2.75, 3.05) is 26.7 Å². The lowest BCUT2D eigenvalue weighted by atomic mass is 9.79. The van der Waals surface area contributed by atoms with Gasteiger partial charge in [0.1, 0.15) is 11.6 Å². The molecule has 7 heteroatoms. The third-order valence-electron chi connectivity index (χ3n) is 6.61. The van der Waals surface area contributed by atoms with Crippen LogP contribution in [-0.4, -0.2) is 57.5 Å². The third-order valence-corrected chi connectivity index (χ3v) is 6.61. The molecule has 0 bridgehead atoms. The molecule has 0 saturated carbocycles. The fourth-order valence-corrected chi connectivity index (χ4v) is 4.73. The lowest BCUT2D eigenvalue weighted by Gasteiger charge is -2.40. The van der Waals surface area contributed by atoms with E-state index < -0.39 is 0 Å². The van der Waals surface area contributed by atoms with E-state index in [9.17, 15) is 4.79 Å². The van der Waals surface area contributed by atoms with Gasteiger partial charge in [0.05, 0.1) is 28.7 Å². The van der Waals surface area contributed by atoms with Gasteiger partial charge in [-0.05, 0) is 72.7 Å². The molecule has 0 unspecified atom stereocenters. The largest absolute Gasteiger partial charge is 0.361 e. The highest BCUT2D eigenvalue weighted by atomic mass is 16.5. The van der Waals surface area contributed by atoms with Gasteiger partial charge in [-0.3, -0.25) is 4.79 Å². The summed E-state index contributed by atoms with van der Waals surface area (Å²) in [6.07, 6.45) is 3.78. The summed E-state index contributed by atoms with van der Waals surface area (Å²) in [4.78, 5) is 27.3. The average molecular weight is 398 g/mol. The molecule has 0 N–H and O–H groups in total. The second-order valence-corrected chi connectivity index (χ2v) is 8.94. The highest BCUT2D eigenvalue weighted by molar-refractivity contribution is 5.83. The van der Waals surface area contributed by atoms with Gasteiger partial charge in [0.2, 0.25) is 5.91 Å². The van der Waals surface area contributed by atoms with E-state index in [1.165, 1.54) is 0 Å². The predicted octanol–water partition coefficient (Wildman–Crippen LogP) is 3.45. The second kappa shape index (κ2) is 7.52. The molecule has 29 heavy (non-hydrogen) atoms. The number of rotatable bonds is 3. The predicted molar refractivity (Wildman–Crippen MR) is 110 cm³/mol. The molecule has 0 aliphatic carbocycles. The van der Waals surface area contributed by atoms with Gasteiger partial charge >= 0.3 is 0 Å². The Bertz CT molecular complexity index is 894. The molecule has 1 atom stereocenters. The van der Waals surface area contributed by atoms with Crippen LogP contribution in [0.3, 0.4) is 0 Å². The van der Waals surface area contributed by atoms with Crippen LogP contribution in [0.1, 0.15) is 61.6 Å². The monoisotopic (exact) mass is 397 g/mol. The summed E-state index contributed by atoms with van der Waals surface area (Å²) >= 11 is 0. The molecule has 156 valence electrons. The Morgan fingerprint density at radius 1 is 1.17 bits per heavy atom. The smallest absolute Gasteiger partial charge is 0.229 e. The van der Waals surface area contributed by atoms with E-state index in [-0.39, 0.29) is 17.4 Å². The van der Waals surface area contributed by atoms with Crippen LogP contribution < -0.4 is 0 Å². The van der Waals surface area contributed by atoms with Crippen molar-refractivity contribution >= 4 is 5.91 Å². The Morgan fingerprint density at radius 2 is 1.90 bits per heavy atom. The SMILES string of the molecule is Cc1nc(-c2c(C)noc2C)cc([C@H]2CCCN2C(=O)C2(C)CCN(C)CC2)n1. The van der Waals surface area contributed by atoms with Gasteiger partial charge in [-0.15, -0.1) is 0 Å². The highest BCUT2D eigenvalue weighted by Gasteiger charge is 2.43. The van der Waals surface area contributed by atoms with E-state index in [1.54, 1.807) is 0 Å². The fraction of sp³-hybridized carbons (Fsp3) is 0.636. The van der Waals surface area contributed by atoms with Gasteiger partial charge in [-0.25, -0.2) is 9.97 Å². The molecule has 0 spiro atoms. The van der Waals surface area contributed by atoms with Gasteiger partial charge in [-0.1, -0.05) is 12.1 Å². The van der Waals surface area contributed by atoms with Crippen molar-refractivity contribution in [1.82, 2.24) is 24.9 Å². The molecule has 2 aliphatic rings. The lowest BCUT2D eigenvalue weighted by molar-refractivity contribution is -0.145. The summed E-state index contributed by atoms with van der Waals surface area (Å²) in [5.41, 5.74) is 3.23. The standard InChI is InChI=1S/C22H31N5O2/c1-14-20(15(2)29-25-14)18-13-17(23-16(3)24-18)19-7-6-10-27(19)21(28)22(4)8-11-26(5)12-9-22/h13,19H,6-12H2,1-5H3/t19-/m1/s1. The Labute approximate surface area is 172 Å². The van der Waals surface area contributed by atoms with E-state index in [2.05, 4.69) is 33.9 Å². The number of hydrogen-bond donors (Lipinski definition) is 0. The lowest BCUT2D eigenvalue weighted by Crippen LogP contribution is -2.47. The van der Waals surface area contributed by atoms with Crippen LogP contribution in [0, 0.1) is 26.2 Å². The van der Waals surface area contributed by atoms with Crippen LogP contribution in [0.5, 0.6) is 0 Å². The van der Waals surface area contributed by atoms with Gasteiger partial charge < -0.3 is 14.3 Å². The van der Waals surface area contributed by atoms with Crippen molar-refractivity contribution in [3.05, 3.63) is 29.0 Å². The molecule has 2 aromatic heterocycles. The average Bonchev–Trinajstić information content (AvgIpc) is 3.30. The molecule has 2 aromatic rings. The minimum absolute atomic E-state index is 0.0138. The van der Waals surface area contributed by atoms with Crippen molar-refractivity contribution in [3.63, 3.8) is 0 Å². The number of nitrogens with zero attached hydrogens (tertiary/aromatic N) is 5. The Kier molecular flexibility index (Phi) is 5.19. The highest BCUT2D eigenvalue weighted by Crippen LogP contribution is 2.40. The first-order valence-corrected chi connectivity index (χ1v) is 10.6. The van der Waals surface area contributed by atoms with Crippen LogP contribution in [0.15, 0.2) is 10.6 Å². The Morgan fingerprint density at radius 3 is 2.55 bits per heavy atom. The summed E-state index contributed by atoms with van der Waals surface area (Å²) in [5.74, 6) is 1.75. The molecule has 2 saturated heterocycles. The topological polar surface area (TPSA) is 75.4 Å². The zero-order valence-electron chi connectivity index (χ0n) is 18.2. The number of piperidine rings is 1. The maximum Gasteiger partial charge on any atom is 0.229 e. The first kappa shape index (κ1) is 20.0. The number of carbonyl (C=O) groups excluding carboxylic acids is 1. The van der Waals surface area contributed by atoms with Crippen LogP contribution in [0.25, 0.3) is 11.3 Å². The molecule has 2 fully saturated rings. The minimum atomic E-state index is -0.276. The first-order chi connectivity index (χ1) is 13.8. The maximum atomic E-state index is 13.6. The number of aryl methyl sites for hydroxylation is 3. The van der Waals surface area contributed by atoms with Gasteiger partial charge in [0.15, 0.2) is 0 Å².